The molecule has 1 aliphatic heterocycles. The Kier molecular flexibility index (Phi) is 3.16. The van der Waals surface area contributed by atoms with E-state index in [1.54, 1.807) is 6.07 Å². The van der Waals surface area contributed by atoms with Crippen LogP contribution in [-0.4, -0.2) is 19.4 Å². The number of nitrogens with one attached hydrogen (secondary N) is 1. The third-order valence-corrected chi connectivity index (χ3v) is 2.52. The minimum atomic E-state index is -4.30. The van der Waals surface area contributed by atoms with Crippen LogP contribution < -0.4 is 5.32 Å². The molecule has 0 aromatic heterocycles. The van der Waals surface area contributed by atoms with Crippen molar-refractivity contribution < 1.29 is 17.9 Å². The van der Waals surface area contributed by atoms with E-state index in [-0.39, 0.29) is 18.2 Å². The summed E-state index contributed by atoms with van der Waals surface area (Å²) in [5.41, 5.74) is -0.304. The van der Waals surface area contributed by atoms with Gasteiger partial charge in [-0.25, -0.2) is 0 Å². The van der Waals surface area contributed by atoms with Crippen LogP contribution >= 0.6 is 0 Å². The van der Waals surface area contributed by atoms with E-state index in [1.165, 1.54) is 12.1 Å². The fourth-order valence-corrected chi connectivity index (χ4v) is 1.79. The van der Waals surface area contributed by atoms with E-state index in [0.29, 0.717) is 13.2 Å². The molecule has 0 radical (unpaired) electrons. The van der Waals surface area contributed by atoms with Crippen molar-refractivity contribution in [2.75, 3.05) is 13.2 Å². The highest BCUT2D eigenvalue weighted by molar-refractivity contribution is 5.30. The van der Waals surface area contributed by atoms with Crippen molar-refractivity contribution in [3.63, 3.8) is 0 Å². The van der Waals surface area contributed by atoms with E-state index >= 15 is 0 Å². The van der Waals surface area contributed by atoms with Crippen LogP contribution in [0.5, 0.6) is 0 Å². The molecule has 1 atom stereocenters. The molecule has 0 amide bonds. The number of alkyl halides is 3. The molecular weight excluding hydrogens is 219 g/mol. The summed E-state index contributed by atoms with van der Waals surface area (Å²) in [6, 6.07) is 5.60. The minimum Gasteiger partial charge on any atom is -0.362 e. The van der Waals surface area contributed by atoms with Crippen molar-refractivity contribution in [1.29, 1.82) is 0 Å². The average Bonchev–Trinajstić information content (AvgIpc) is 2.70. The number of hydrogen-bond donors (Lipinski definition) is 1. The first kappa shape index (κ1) is 11.4. The Balaban J connectivity index is 2.19. The molecular formula is C11H12F3NO. The molecule has 1 aromatic carbocycles. The predicted molar refractivity (Wildman–Crippen MR) is 52.9 cm³/mol. The maximum absolute atomic E-state index is 12.7. The van der Waals surface area contributed by atoms with Gasteiger partial charge in [0, 0.05) is 13.0 Å². The fourth-order valence-electron chi connectivity index (χ4n) is 1.79. The molecule has 1 saturated heterocycles. The second kappa shape index (κ2) is 4.43. The summed E-state index contributed by atoms with van der Waals surface area (Å²) >= 11 is 0. The molecule has 0 spiro atoms. The second-order valence-corrected chi connectivity index (χ2v) is 3.67. The second-order valence-electron chi connectivity index (χ2n) is 3.67. The topological polar surface area (TPSA) is 21.3 Å². The average molecular weight is 231 g/mol. The van der Waals surface area contributed by atoms with E-state index in [0.717, 1.165) is 6.07 Å². The van der Waals surface area contributed by atoms with Gasteiger partial charge in [0.25, 0.3) is 0 Å². The molecule has 0 bridgehead atoms. The zero-order valence-corrected chi connectivity index (χ0v) is 8.55. The number of hydrogen-bond acceptors (Lipinski definition) is 2. The summed E-state index contributed by atoms with van der Waals surface area (Å²) in [4.78, 5) is 0. The Bertz CT molecular complexity index is 358. The largest absolute Gasteiger partial charge is 0.416 e. The van der Waals surface area contributed by atoms with Crippen molar-refractivity contribution in [3.05, 3.63) is 35.4 Å². The summed E-state index contributed by atoms with van der Waals surface area (Å²) in [5.74, 6) is 0. The molecule has 88 valence electrons. The normalized spacial score (nSPS) is 21.3. The van der Waals surface area contributed by atoms with Crippen molar-refractivity contribution in [3.8, 4) is 0 Å². The minimum absolute atomic E-state index is 0.246. The Morgan fingerprint density at radius 1 is 1.31 bits per heavy atom. The Labute approximate surface area is 91.4 Å². The standard InChI is InChI=1S/C11H12F3NO/c12-11(13,14)9-4-2-1-3-8(9)7-10-15-5-6-16-10/h1-4,10,15H,5-7H2. The summed E-state index contributed by atoms with van der Waals surface area (Å²) < 4.78 is 43.2. The first-order chi connectivity index (χ1) is 7.57. The van der Waals surface area contributed by atoms with Crippen LogP contribution in [0.2, 0.25) is 0 Å². The van der Waals surface area contributed by atoms with Gasteiger partial charge in [0.2, 0.25) is 0 Å². The van der Waals surface area contributed by atoms with Crippen LogP contribution in [0, 0.1) is 0 Å². The van der Waals surface area contributed by atoms with Gasteiger partial charge in [-0.15, -0.1) is 0 Å². The van der Waals surface area contributed by atoms with Gasteiger partial charge in [0.05, 0.1) is 12.2 Å². The Morgan fingerprint density at radius 2 is 2.06 bits per heavy atom. The lowest BCUT2D eigenvalue weighted by molar-refractivity contribution is -0.138. The van der Waals surface area contributed by atoms with Crippen LogP contribution in [0.15, 0.2) is 24.3 Å². The summed E-state index contributed by atoms with van der Waals surface area (Å²) in [6.45, 7) is 1.25. The number of ether oxygens (including phenoxy) is 1. The third-order valence-electron chi connectivity index (χ3n) is 2.52. The summed E-state index contributed by atoms with van der Waals surface area (Å²) in [7, 11) is 0. The van der Waals surface area contributed by atoms with E-state index in [4.69, 9.17) is 4.74 Å². The quantitative estimate of drug-likeness (QED) is 0.842. The van der Waals surface area contributed by atoms with E-state index < -0.39 is 11.7 Å². The zero-order chi connectivity index (χ0) is 11.6. The van der Waals surface area contributed by atoms with Crippen molar-refractivity contribution in [2.24, 2.45) is 0 Å². The molecule has 16 heavy (non-hydrogen) atoms. The zero-order valence-electron chi connectivity index (χ0n) is 8.55. The highest BCUT2D eigenvalue weighted by atomic mass is 19.4. The van der Waals surface area contributed by atoms with Crippen molar-refractivity contribution >= 4 is 0 Å². The lowest BCUT2D eigenvalue weighted by Gasteiger charge is -2.15. The van der Waals surface area contributed by atoms with Crippen LogP contribution in [0.4, 0.5) is 13.2 Å². The van der Waals surface area contributed by atoms with Crippen molar-refractivity contribution in [1.82, 2.24) is 5.32 Å². The maximum atomic E-state index is 12.7. The lowest BCUT2D eigenvalue weighted by atomic mass is 10.0. The molecule has 1 unspecified atom stereocenters. The fraction of sp³-hybridized carbons (Fsp3) is 0.455. The molecule has 1 fully saturated rings. The van der Waals surface area contributed by atoms with Gasteiger partial charge in [-0.1, -0.05) is 18.2 Å². The number of benzene rings is 1. The SMILES string of the molecule is FC(F)(F)c1ccccc1CC1NCCO1. The molecule has 2 rings (SSSR count). The van der Waals surface area contributed by atoms with Gasteiger partial charge in [-0.3, -0.25) is 5.32 Å². The van der Waals surface area contributed by atoms with E-state index in [1.807, 2.05) is 0 Å². The number of halogens is 3. The molecule has 5 heteroatoms. The predicted octanol–water partition coefficient (Wildman–Crippen LogP) is 2.19. The van der Waals surface area contributed by atoms with Crippen LogP contribution in [-0.2, 0) is 17.3 Å². The Hall–Kier alpha value is -1.07. The Morgan fingerprint density at radius 3 is 2.69 bits per heavy atom. The third kappa shape index (κ3) is 2.54. The number of rotatable bonds is 2. The summed E-state index contributed by atoms with van der Waals surface area (Å²) in [5, 5.41) is 2.99. The van der Waals surface area contributed by atoms with Crippen molar-refractivity contribution in [2.45, 2.75) is 18.8 Å². The first-order valence-electron chi connectivity index (χ1n) is 5.07. The van der Waals surface area contributed by atoms with Gasteiger partial charge in [0.1, 0.15) is 6.23 Å². The smallest absolute Gasteiger partial charge is 0.362 e. The monoisotopic (exact) mass is 231 g/mol. The lowest BCUT2D eigenvalue weighted by Crippen LogP contribution is -2.26. The molecule has 2 nitrogen and oxygen atoms in total. The van der Waals surface area contributed by atoms with Gasteiger partial charge < -0.3 is 4.74 Å². The highest BCUT2D eigenvalue weighted by Crippen LogP contribution is 2.32. The van der Waals surface area contributed by atoms with Gasteiger partial charge in [-0.2, -0.15) is 13.2 Å². The van der Waals surface area contributed by atoms with Crippen LogP contribution in [0.25, 0.3) is 0 Å². The first-order valence-corrected chi connectivity index (χ1v) is 5.07. The molecule has 1 heterocycles. The maximum Gasteiger partial charge on any atom is 0.416 e. The molecule has 1 N–H and O–H groups in total. The van der Waals surface area contributed by atoms with Gasteiger partial charge in [-0.05, 0) is 11.6 Å². The van der Waals surface area contributed by atoms with Gasteiger partial charge in [0.15, 0.2) is 0 Å². The van der Waals surface area contributed by atoms with Crippen LogP contribution in [0.1, 0.15) is 11.1 Å². The van der Waals surface area contributed by atoms with E-state index in [9.17, 15) is 13.2 Å². The highest BCUT2D eigenvalue weighted by Gasteiger charge is 2.33. The summed E-state index contributed by atoms with van der Waals surface area (Å²) in [6.07, 6.45) is -4.35. The van der Waals surface area contributed by atoms with Gasteiger partial charge >= 0.3 is 6.18 Å². The molecule has 1 aliphatic rings. The van der Waals surface area contributed by atoms with Crippen LogP contribution in [0.3, 0.4) is 0 Å². The van der Waals surface area contributed by atoms with E-state index in [2.05, 4.69) is 5.32 Å². The molecule has 0 saturated carbocycles. The molecule has 1 aromatic rings. The molecule has 0 aliphatic carbocycles.